The molecule has 3 fully saturated rings. The van der Waals surface area contributed by atoms with Gasteiger partial charge in [0.05, 0.1) is 17.5 Å². The zero-order valence-corrected chi connectivity index (χ0v) is 26.1. The Kier molecular flexibility index (Phi) is 8.88. The van der Waals surface area contributed by atoms with Crippen LogP contribution in [0.2, 0.25) is 0 Å². The van der Waals surface area contributed by atoms with E-state index in [-0.39, 0.29) is 23.6 Å². The fourth-order valence-electron chi connectivity index (χ4n) is 7.37. The quantitative estimate of drug-likeness (QED) is 0.366. The van der Waals surface area contributed by atoms with Crippen molar-refractivity contribution >= 4 is 28.7 Å². The van der Waals surface area contributed by atoms with Gasteiger partial charge in [-0.2, -0.15) is 0 Å². The van der Waals surface area contributed by atoms with Gasteiger partial charge in [-0.15, -0.1) is 0 Å². The van der Waals surface area contributed by atoms with Crippen LogP contribution in [0.3, 0.4) is 0 Å². The molecule has 1 aromatic carbocycles. The lowest BCUT2D eigenvalue weighted by Gasteiger charge is -2.37. The van der Waals surface area contributed by atoms with E-state index in [9.17, 15) is 18.7 Å². The smallest absolute Gasteiger partial charge is 0.225 e. The van der Waals surface area contributed by atoms with Crippen molar-refractivity contribution in [3.05, 3.63) is 41.9 Å². The van der Waals surface area contributed by atoms with Gasteiger partial charge in [-0.25, -0.2) is 23.7 Å². The number of hydrogen-bond acceptors (Lipinski definition) is 7. The first-order valence-corrected chi connectivity index (χ1v) is 16.2. The number of likely N-dealkylation sites (N-methyl/N-ethyl adjacent to an activating group) is 1. The van der Waals surface area contributed by atoms with Crippen LogP contribution >= 0.6 is 0 Å². The largest absolute Gasteiger partial charge is 0.390 e. The van der Waals surface area contributed by atoms with Crippen LogP contribution in [0.4, 0.5) is 20.4 Å². The molecular weight excluding hydrogens is 564 g/mol. The van der Waals surface area contributed by atoms with E-state index in [4.69, 9.17) is 9.97 Å². The Bertz CT molecular complexity index is 1460. The molecule has 0 bridgehead atoms. The van der Waals surface area contributed by atoms with Gasteiger partial charge in [0, 0.05) is 50.6 Å². The summed E-state index contributed by atoms with van der Waals surface area (Å²) in [6, 6.07) is 3.47. The molecule has 2 aromatic heterocycles. The van der Waals surface area contributed by atoms with Crippen LogP contribution in [-0.4, -0.2) is 79.2 Å². The molecule has 1 saturated heterocycles. The fourth-order valence-corrected chi connectivity index (χ4v) is 7.37. The van der Waals surface area contributed by atoms with Crippen molar-refractivity contribution in [1.29, 1.82) is 0 Å². The highest BCUT2D eigenvalue weighted by Crippen LogP contribution is 2.39. The van der Waals surface area contributed by atoms with Crippen LogP contribution in [0, 0.1) is 29.4 Å². The Labute approximate surface area is 258 Å². The molecule has 9 nitrogen and oxygen atoms in total. The first kappa shape index (κ1) is 30.8. The monoisotopic (exact) mass is 609 g/mol. The maximum absolute atomic E-state index is 14.7. The van der Waals surface area contributed by atoms with Crippen LogP contribution in [0.25, 0.3) is 11.2 Å². The molecule has 0 radical (unpaired) electrons. The summed E-state index contributed by atoms with van der Waals surface area (Å²) in [5, 5.41) is 13.6. The van der Waals surface area contributed by atoms with E-state index in [1.807, 2.05) is 23.3 Å². The van der Waals surface area contributed by atoms with Crippen molar-refractivity contribution in [3.63, 3.8) is 0 Å². The summed E-state index contributed by atoms with van der Waals surface area (Å²) in [6.07, 6.45) is 9.60. The summed E-state index contributed by atoms with van der Waals surface area (Å²) in [4.78, 5) is 32.0. The number of aromatic nitrogens is 4. The Morgan fingerprint density at radius 1 is 1.00 bits per heavy atom. The van der Waals surface area contributed by atoms with E-state index in [1.54, 1.807) is 6.20 Å². The SMILES string of the molecule is CN1CCN(C(=O)C2CCC(n3c(Nc4ccc(F)cc4F)nc4cnc(CC5CCC(C(C)(C)O)CC5)nc43)CC2)CC1. The highest BCUT2D eigenvalue weighted by molar-refractivity contribution is 5.79. The third-order valence-corrected chi connectivity index (χ3v) is 10.2. The van der Waals surface area contributed by atoms with Crippen LogP contribution in [0.5, 0.6) is 0 Å². The van der Waals surface area contributed by atoms with Crippen molar-refractivity contribution in [2.75, 3.05) is 38.5 Å². The predicted octanol–water partition coefficient (Wildman–Crippen LogP) is 5.47. The number of amides is 1. The molecule has 3 aromatic rings. The molecule has 238 valence electrons. The molecule has 0 spiro atoms. The van der Waals surface area contributed by atoms with Gasteiger partial charge in [0.25, 0.3) is 0 Å². The average Bonchev–Trinajstić information content (AvgIpc) is 3.35. The van der Waals surface area contributed by atoms with E-state index < -0.39 is 17.2 Å². The third-order valence-electron chi connectivity index (χ3n) is 10.2. The number of fused-ring (bicyclic) bond motifs is 1. The van der Waals surface area contributed by atoms with E-state index in [0.29, 0.717) is 28.9 Å². The zero-order chi connectivity index (χ0) is 31.0. The number of carbonyl (C=O) groups excluding carboxylic acids is 1. The van der Waals surface area contributed by atoms with Crippen LogP contribution in [0.1, 0.15) is 77.1 Å². The molecule has 11 heteroatoms. The molecule has 0 atom stereocenters. The molecule has 1 amide bonds. The second kappa shape index (κ2) is 12.7. The maximum atomic E-state index is 14.7. The van der Waals surface area contributed by atoms with Crippen molar-refractivity contribution in [2.24, 2.45) is 17.8 Å². The summed E-state index contributed by atoms with van der Waals surface area (Å²) >= 11 is 0. The molecule has 3 heterocycles. The summed E-state index contributed by atoms with van der Waals surface area (Å²) in [5.74, 6) is 0.866. The number of aliphatic hydroxyl groups is 1. The number of carbonyl (C=O) groups is 1. The van der Waals surface area contributed by atoms with Crippen LogP contribution < -0.4 is 5.32 Å². The summed E-state index contributed by atoms with van der Waals surface area (Å²) in [6.45, 7) is 7.15. The van der Waals surface area contributed by atoms with Gasteiger partial charge in [0.2, 0.25) is 11.9 Å². The Hall–Kier alpha value is -3.18. The molecule has 0 unspecified atom stereocenters. The van der Waals surface area contributed by atoms with Gasteiger partial charge in [-0.1, -0.05) is 0 Å². The first-order valence-electron chi connectivity index (χ1n) is 16.2. The molecular formula is C33H45F2N7O2. The lowest BCUT2D eigenvalue weighted by Crippen LogP contribution is -2.49. The molecule has 2 aliphatic carbocycles. The second-order valence-electron chi connectivity index (χ2n) is 13.8. The number of anilines is 2. The molecule has 6 rings (SSSR count). The van der Waals surface area contributed by atoms with Gasteiger partial charge in [-0.3, -0.25) is 9.36 Å². The number of imidazole rings is 1. The second-order valence-corrected chi connectivity index (χ2v) is 13.8. The molecule has 2 saturated carbocycles. The number of halogens is 2. The van der Waals surface area contributed by atoms with E-state index in [1.165, 1.54) is 12.1 Å². The summed E-state index contributed by atoms with van der Waals surface area (Å²) in [7, 11) is 2.09. The van der Waals surface area contributed by atoms with Crippen molar-refractivity contribution < 1.29 is 18.7 Å². The predicted molar refractivity (Wildman–Crippen MR) is 165 cm³/mol. The molecule has 3 aliphatic rings. The first-order chi connectivity index (χ1) is 21.0. The number of rotatable bonds is 7. The highest BCUT2D eigenvalue weighted by atomic mass is 19.1. The standard InChI is InChI=1S/C33H45F2N7O2/c1-33(2,44)23-8-4-21(5-9-23)18-29-36-20-28-30(39-29)42(32(38-28)37-27-13-10-24(34)19-26(27)35)25-11-6-22(7-12-25)31(43)41-16-14-40(3)15-17-41/h10,13,19-23,25,44H,4-9,11-12,14-18H2,1-3H3,(H,37,38). The minimum Gasteiger partial charge on any atom is -0.390 e. The van der Waals surface area contributed by atoms with Crippen LogP contribution in [0.15, 0.2) is 24.4 Å². The van der Waals surface area contributed by atoms with Gasteiger partial charge in [-0.05, 0) is 96.2 Å². The number of piperazine rings is 1. The minimum absolute atomic E-state index is 0.000364. The number of nitrogens with one attached hydrogen (secondary N) is 1. The molecule has 1 aliphatic heterocycles. The number of benzene rings is 1. The van der Waals surface area contributed by atoms with E-state index >= 15 is 0 Å². The van der Waals surface area contributed by atoms with Gasteiger partial charge in [0.15, 0.2) is 5.65 Å². The van der Waals surface area contributed by atoms with E-state index in [2.05, 4.69) is 22.2 Å². The fraction of sp³-hybridized carbons (Fsp3) is 0.636. The summed E-state index contributed by atoms with van der Waals surface area (Å²) in [5.41, 5.74) is 0.784. The summed E-state index contributed by atoms with van der Waals surface area (Å²) < 4.78 is 30.4. The van der Waals surface area contributed by atoms with Crippen molar-refractivity contribution in [1.82, 2.24) is 29.3 Å². The number of hydrogen-bond donors (Lipinski definition) is 2. The van der Waals surface area contributed by atoms with E-state index in [0.717, 1.165) is 95.9 Å². The zero-order valence-electron chi connectivity index (χ0n) is 26.1. The van der Waals surface area contributed by atoms with Crippen LogP contribution in [-0.2, 0) is 11.2 Å². The maximum Gasteiger partial charge on any atom is 0.225 e. The Morgan fingerprint density at radius 2 is 1.70 bits per heavy atom. The van der Waals surface area contributed by atoms with Gasteiger partial charge in [0.1, 0.15) is 23.0 Å². The minimum atomic E-state index is -0.696. The van der Waals surface area contributed by atoms with Crippen molar-refractivity contribution in [2.45, 2.75) is 83.3 Å². The normalized spacial score (nSPS) is 25.4. The number of nitrogens with zero attached hydrogens (tertiary/aromatic N) is 6. The Morgan fingerprint density at radius 3 is 2.36 bits per heavy atom. The Balaban J connectivity index is 1.23. The van der Waals surface area contributed by atoms with Gasteiger partial charge >= 0.3 is 0 Å². The highest BCUT2D eigenvalue weighted by Gasteiger charge is 2.34. The molecule has 2 N–H and O–H groups in total. The third kappa shape index (κ3) is 6.73. The lowest BCUT2D eigenvalue weighted by atomic mass is 9.74. The molecule has 44 heavy (non-hydrogen) atoms. The lowest BCUT2D eigenvalue weighted by molar-refractivity contribution is -0.138. The van der Waals surface area contributed by atoms with Crippen molar-refractivity contribution in [3.8, 4) is 0 Å². The van der Waals surface area contributed by atoms with Gasteiger partial charge < -0.3 is 20.2 Å². The average molecular weight is 610 g/mol. The topological polar surface area (TPSA) is 99.4 Å².